The molecule has 0 aliphatic carbocycles. The topological polar surface area (TPSA) is 38.2 Å². The van der Waals surface area contributed by atoms with Gasteiger partial charge in [0.2, 0.25) is 0 Å². The Hall–Kier alpha value is -0.870. The molecule has 1 saturated heterocycles. The van der Waals surface area contributed by atoms with Crippen molar-refractivity contribution in [1.82, 2.24) is 10.2 Å². The molecule has 0 radical (unpaired) electrons. The number of hydrogen-bond acceptors (Lipinski definition) is 4. The van der Waals surface area contributed by atoms with E-state index in [1.807, 2.05) is 6.07 Å². The maximum Gasteiger partial charge on any atom is 0.153 e. The van der Waals surface area contributed by atoms with Gasteiger partial charge in [-0.25, -0.2) is 0 Å². The van der Waals surface area contributed by atoms with Crippen molar-refractivity contribution in [1.29, 1.82) is 0 Å². The van der Waals surface area contributed by atoms with Crippen molar-refractivity contribution in [3.05, 3.63) is 17.4 Å². The van der Waals surface area contributed by atoms with Gasteiger partial charge < -0.3 is 9.64 Å². The summed E-state index contributed by atoms with van der Waals surface area (Å²) in [6, 6.07) is 1.82. The second-order valence-electron chi connectivity index (χ2n) is 2.84. The Kier molecular flexibility index (Phi) is 2.61. The van der Waals surface area contributed by atoms with E-state index in [9.17, 15) is 0 Å². The highest BCUT2D eigenvalue weighted by Crippen LogP contribution is 2.16. The molecule has 1 aromatic rings. The van der Waals surface area contributed by atoms with Gasteiger partial charge in [0.1, 0.15) is 0 Å². The second-order valence-corrected chi connectivity index (χ2v) is 3.22. The first-order valence-electron chi connectivity index (χ1n) is 4.17. The zero-order valence-corrected chi connectivity index (χ0v) is 7.87. The number of morpholine rings is 1. The molecular formula is C8H10ClN3O. The van der Waals surface area contributed by atoms with Gasteiger partial charge in [0.05, 0.1) is 25.1 Å². The van der Waals surface area contributed by atoms with Crippen molar-refractivity contribution in [2.24, 2.45) is 0 Å². The summed E-state index contributed by atoms with van der Waals surface area (Å²) in [6.07, 6.45) is 1.72. The maximum atomic E-state index is 5.73. The molecular weight excluding hydrogens is 190 g/mol. The van der Waals surface area contributed by atoms with Crippen LogP contribution in [0.1, 0.15) is 0 Å². The lowest BCUT2D eigenvalue weighted by atomic mass is 10.3. The van der Waals surface area contributed by atoms with Crippen molar-refractivity contribution in [3.8, 4) is 0 Å². The number of halogens is 1. The number of ether oxygens (including phenoxy) is 1. The van der Waals surface area contributed by atoms with Gasteiger partial charge in [-0.1, -0.05) is 11.6 Å². The first-order chi connectivity index (χ1) is 6.36. The van der Waals surface area contributed by atoms with Crippen LogP contribution in [0.5, 0.6) is 0 Å². The molecule has 0 unspecified atom stereocenters. The molecule has 0 saturated carbocycles. The van der Waals surface area contributed by atoms with Gasteiger partial charge in [0, 0.05) is 19.2 Å². The lowest BCUT2D eigenvalue weighted by Gasteiger charge is -2.28. The average molecular weight is 200 g/mol. The van der Waals surface area contributed by atoms with Crippen LogP contribution in [0.4, 0.5) is 5.69 Å². The smallest absolute Gasteiger partial charge is 0.153 e. The SMILES string of the molecule is Clc1cc(N2CCOCC2)cnn1. The van der Waals surface area contributed by atoms with Crippen LogP contribution in [-0.2, 0) is 4.74 Å². The number of nitrogens with zero attached hydrogens (tertiary/aromatic N) is 3. The first kappa shape index (κ1) is 8.72. The first-order valence-corrected chi connectivity index (χ1v) is 4.55. The van der Waals surface area contributed by atoms with Crippen LogP contribution in [0.15, 0.2) is 12.3 Å². The summed E-state index contributed by atoms with van der Waals surface area (Å²) in [7, 11) is 0. The third kappa shape index (κ3) is 2.08. The highest BCUT2D eigenvalue weighted by molar-refractivity contribution is 6.29. The summed E-state index contributed by atoms with van der Waals surface area (Å²) in [6.45, 7) is 3.31. The lowest BCUT2D eigenvalue weighted by molar-refractivity contribution is 0.122. The van der Waals surface area contributed by atoms with Crippen LogP contribution < -0.4 is 4.90 Å². The van der Waals surface area contributed by atoms with Gasteiger partial charge in [-0.2, -0.15) is 5.10 Å². The van der Waals surface area contributed by atoms with Gasteiger partial charge in [0.15, 0.2) is 5.15 Å². The predicted molar refractivity (Wildman–Crippen MR) is 50.1 cm³/mol. The van der Waals surface area contributed by atoms with Crippen LogP contribution in [0.2, 0.25) is 5.15 Å². The van der Waals surface area contributed by atoms with E-state index in [0.717, 1.165) is 32.0 Å². The van der Waals surface area contributed by atoms with Crippen molar-refractivity contribution in [2.45, 2.75) is 0 Å². The molecule has 0 aromatic carbocycles. The number of hydrogen-bond donors (Lipinski definition) is 0. The van der Waals surface area contributed by atoms with Crippen molar-refractivity contribution >= 4 is 17.3 Å². The van der Waals surface area contributed by atoms with Crippen LogP contribution in [-0.4, -0.2) is 36.5 Å². The maximum absolute atomic E-state index is 5.73. The molecule has 0 N–H and O–H groups in total. The number of rotatable bonds is 1. The molecule has 1 aliphatic rings. The number of aromatic nitrogens is 2. The van der Waals surface area contributed by atoms with Crippen LogP contribution in [0.25, 0.3) is 0 Å². The van der Waals surface area contributed by atoms with E-state index in [4.69, 9.17) is 16.3 Å². The summed E-state index contributed by atoms with van der Waals surface area (Å²) >= 11 is 5.73. The molecule has 0 spiro atoms. The predicted octanol–water partition coefficient (Wildman–Crippen LogP) is 0.967. The third-order valence-corrected chi connectivity index (χ3v) is 2.17. The normalized spacial score (nSPS) is 17.5. The lowest BCUT2D eigenvalue weighted by Crippen LogP contribution is -2.36. The van der Waals surface area contributed by atoms with Crippen LogP contribution >= 0.6 is 11.6 Å². The molecule has 0 bridgehead atoms. The summed E-state index contributed by atoms with van der Waals surface area (Å²) in [5, 5.41) is 7.92. The molecule has 2 heterocycles. The van der Waals surface area contributed by atoms with Crippen molar-refractivity contribution < 1.29 is 4.74 Å². The minimum atomic E-state index is 0.434. The monoisotopic (exact) mass is 199 g/mol. The van der Waals surface area contributed by atoms with Crippen molar-refractivity contribution in [2.75, 3.05) is 31.2 Å². The Bertz CT molecular complexity index is 288. The largest absolute Gasteiger partial charge is 0.378 e. The van der Waals surface area contributed by atoms with E-state index in [-0.39, 0.29) is 0 Å². The summed E-state index contributed by atoms with van der Waals surface area (Å²) < 4.78 is 5.24. The van der Waals surface area contributed by atoms with E-state index in [0.29, 0.717) is 5.15 Å². The quantitative estimate of drug-likeness (QED) is 0.676. The molecule has 0 atom stereocenters. The molecule has 5 heteroatoms. The summed E-state index contributed by atoms with van der Waals surface area (Å²) in [5.41, 5.74) is 1.02. The fourth-order valence-corrected chi connectivity index (χ4v) is 1.48. The highest BCUT2D eigenvalue weighted by atomic mass is 35.5. The van der Waals surface area contributed by atoms with E-state index < -0.39 is 0 Å². The molecule has 1 aliphatic heterocycles. The Morgan fingerprint density at radius 1 is 1.38 bits per heavy atom. The molecule has 1 aromatic heterocycles. The Balaban J connectivity index is 2.14. The van der Waals surface area contributed by atoms with Gasteiger partial charge in [-0.15, -0.1) is 5.10 Å². The van der Waals surface area contributed by atoms with Crippen LogP contribution in [0.3, 0.4) is 0 Å². The zero-order chi connectivity index (χ0) is 9.10. The van der Waals surface area contributed by atoms with Gasteiger partial charge in [-0.05, 0) is 0 Å². The minimum Gasteiger partial charge on any atom is -0.378 e. The molecule has 1 fully saturated rings. The molecule has 13 heavy (non-hydrogen) atoms. The second kappa shape index (κ2) is 3.89. The summed E-state index contributed by atoms with van der Waals surface area (Å²) in [5.74, 6) is 0. The number of anilines is 1. The van der Waals surface area contributed by atoms with Gasteiger partial charge in [-0.3, -0.25) is 0 Å². The van der Waals surface area contributed by atoms with Gasteiger partial charge in [0.25, 0.3) is 0 Å². The summed E-state index contributed by atoms with van der Waals surface area (Å²) in [4.78, 5) is 2.18. The zero-order valence-electron chi connectivity index (χ0n) is 7.11. The van der Waals surface area contributed by atoms with Crippen LogP contribution in [0, 0.1) is 0 Å². The standard InChI is InChI=1S/C8H10ClN3O/c9-8-5-7(6-10-11-8)12-1-3-13-4-2-12/h5-6H,1-4H2. The molecule has 4 nitrogen and oxygen atoms in total. The van der Waals surface area contributed by atoms with E-state index in [1.54, 1.807) is 6.20 Å². The molecule has 2 rings (SSSR count). The van der Waals surface area contributed by atoms with E-state index >= 15 is 0 Å². The van der Waals surface area contributed by atoms with Gasteiger partial charge >= 0.3 is 0 Å². The minimum absolute atomic E-state index is 0.434. The molecule has 70 valence electrons. The third-order valence-electron chi connectivity index (χ3n) is 1.99. The van der Waals surface area contributed by atoms with E-state index in [2.05, 4.69) is 15.1 Å². The Morgan fingerprint density at radius 3 is 2.85 bits per heavy atom. The average Bonchev–Trinajstić information content (AvgIpc) is 2.19. The Labute approximate surface area is 81.5 Å². The highest BCUT2D eigenvalue weighted by Gasteiger charge is 2.11. The fraction of sp³-hybridized carbons (Fsp3) is 0.500. The molecule has 0 amide bonds. The van der Waals surface area contributed by atoms with Crippen molar-refractivity contribution in [3.63, 3.8) is 0 Å². The van der Waals surface area contributed by atoms with E-state index in [1.165, 1.54) is 0 Å². The Morgan fingerprint density at radius 2 is 2.15 bits per heavy atom. The fourth-order valence-electron chi connectivity index (χ4n) is 1.33.